The third kappa shape index (κ3) is 8.34. The van der Waals surface area contributed by atoms with E-state index in [4.69, 9.17) is 8.05 Å². The van der Waals surface area contributed by atoms with Crippen LogP contribution in [0, 0.1) is 5.92 Å². The SMILES string of the molecule is [B]OC(=O)N(C)CCCCCCC(C)C. The van der Waals surface area contributed by atoms with Crippen molar-refractivity contribution in [3.8, 4) is 0 Å². The molecule has 3 nitrogen and oxygen atoms in total. The lowest BCUT2D eigenvalue weighted by Gasteiger charge is -2.15. The fourth-order valence-electron chi connectivity index (χ4n) is 1.44. The van der Waals surface area contributed by atoms with Crippen molar-refractivity contribution >= 4 is 14.1 Å². The third-order valence-corrected chi connectivity index (χ3v) is 2.44. The maximum Gasteiger partial charge on any atom is 0.390 e. The Balaban J connectivity index is 3.27. The standard InChI is InChI=1S/C11H22BNO2/c1-10(2)8-6-4-5-7-9-13(3)11(14)15-12/h10H,4-9H2,1-3H3. The van der Waals surface area contributed by atoms with Gasteiger partial charge in [0.25, 0.3) is 0 Å². The molecule has 4 heteroatoms. The van der Waals surface area contributed by atoms with E-state index < -0.39 is 6.09 Å². The number of amides is 1. The Hall–Kier alpha value is -0.665. The Bertz CT molecular complexity index is 174. The Morgan fingerprint density at radius 3 is 2.40 bits per heavy atom. The van der Waals surface area contributed by atoms with E-state index in [0.717, 1.165) is 25.3 Å². The topological polar surface area (TPSA) is 29.5 Å². The van der Waals surface area contributed by atoms with Crippen molar-refractivity contribution in [2.75, 3.05) is 13.6 Å². The first-order valence-electron chi connectivity index (χ1n) is 5.69. The van der Waals surface area contributed by atoms with E-state index in [-0.39, 0.29) is 0 Å². The first-order valence-corrected chi connectivity index (χ1v) is 5.69. The molecule has 0 fully saturated rings. The molecular weight excluding hydrogens is 189 g/mol. The minimum atomic E-state index is -0.461. The summed E-state index contributed by atoms with van der Waals surface area (Å²) in [5.41, 5.74) is 0. The maximum absolute atomic E-state index is 10.9. The van der Waals surface area contributed by atoms with Crippen LogP contribution in [0.2, 0.25) is 0 Å². The number of carbonyl (C=O) groups is 1. The second-order valence-corrected chi connectivity index (χ2v) is 4.40. The summed E-state index contributed by atoms with van der Waals surface area (Å²) in [7, 11) is 6.46. The number of carbonyl (C=O) groups excluding carboxylic acids is 1. The molecule has 0 aromatic carbocycles. The first-order chi connectivity index (χ1) is 7.07. The van der Waals surface area contributed by atoms with Crippen molar-refractivity contribution in [1.82, 2.24) is 4.90 Å². The van der Waals surface area contributed by atoms with Crippen molar-refractivity contribution in [3.63, 3.8) is 0 Å². The molecular formula is C11H22BNO2. The normalized spacial score (nSPS) is 10.4. The predicted molar refractivity (Wildman–Crippen MR) is 62.8 cm³/mol. The molecule has 0 saturated carbocycles. The van der Waals surface area contributed by atoms with E-state index in [1.807, 2.05) is 0 Å². The summed E-state index contributed by atoms with van der Waals surface area (Å²) < 4.78 is 4.11. The maximum atomic E-state index is 10.9. The molecule has 1 amide bonds. The smallest absolute Gasteiger partial charge is 0.390 e. The van der Waals surface area contributed by atoms with Gasteiger partial charge in [-0.15, -0.1) is 0 Å². The molecule has 0 saturated heterocycles. The molecule has 0 aliphatic carbocycles. The minimum Gasteiger partial charge on any atom is -0.528 e. The molecule has 0 aliphatic heterocycles. The third-order valence-electron chi connectivity index (χ3n) is 2.44. The van der Waals surface area contributed by atoms with E-state index in [9.17, 15) is 4.79 Å². The van der Waals surface area contributed by atoms with Crippen molar-refractivity contribution in [1.29, 1.82) is 0 Å². The second-order valence-electron chi connectivity index (χ2n) is 4.40. The Morgan fingerprint density at radius 1 is 1.27 bits per heavy atom. The summed E-state index contributed by atoms with van der Waals surface area (Å²) in [5.74, 6) is 0.792. The van der Waals surface area contributed by atoms with Crippen molar-refractivity contribution in [3.05, 3.63) is 0 Å². The lowest BCUT2D eigenvalue weighted by atomic mass is 10.0. The molecule has 0 heterocycles. The summed E-state index contributed by atoms with van der Waals surface area (Å²) in [4.78, 5) is 12.4. The van der Waals surface area contributed by atoms with Gasteiger partial charge >= 0.3 is 14.1 Å². The van der Waals surface area contributed by atoms with Crippen LogP contribution in [0.1, 0.15) is 46.0 Å². The number of rotatable bonds is 7. The molecule has 0 aliphatic rings. The van der Waals surface area contributed by atoms with Gasteiger partial charge < -0.3 is 9.55 Å². The van der Waals surface area contributed by atoms with Gasteiger partial charge in [0.15, 0.2) is 0 Å². The summed E-state index contributed by atoms with van der Waals surface area (Å²) in [6.07, 6.45) is 5.53. The van der Waals surface area contributed by atoms with E-state index in [2.05, 4.69) is 18.5 Å². The van der Waals surface area contributed by atoms with Gasteiger partial charge in [-0.25, -0.2) is 4.79 Å². The molecule has 2 radical (unpaired) electrons. The van der Waals surface area contributed by atoms with Crippen LogP contribution in [0.15, 0.2) is 0 Å². The molecule has 0 atom stereocenters. The van der Waals surface area contributed by atoms with Gasteiger partial charge in [0, 0.05) is 13.6 Å². The average Bonchev–Trinajstić information content (AvgIpc) is 2.21. The van der Waals surface area contributed by atoms with Gasteiger partial charge in [-0.3, -0.25) is 0 Å². The van der Waals surface area contributed by atoms with E-state index >= 15 is 0 Å². The van der Waals surface area contributed by atoms with Crippen LogP contribution in [0.5, 0.6) is 0 Å². The molecule has 86 valence electrons. The van der Waals surface area contributed by atoms with Gasteiger partial charge in [-0.1, -0.05) is 39.5 Å². The molecule has 0 unspecified atom stereocenters. The Labute approximate surface area is 94.6 Å². The first kappa shape index (κ1) is 14.3. The molecule has 0 N–H and O–H groups in total. The van der Waals surface area contributed by atoms with Crippen LogP contribution in [0.4, 0.5) is 4.79 Å². The number of hydrogen-bond donors (Lipinski definition) is 0. The largest absolute Gasteiger partial charge is 0.528 e. The van der Waals surface area contributed by atoms with Crippen molar-refractivity contribution < 1.29 is 9.45 Å². The monoisotopic (exact) mass is 211 g/mol. The summed E-state index contributed by atoms with van der Waals surface area (Å²) in [5, 5.41) is 0. The van der Waals surface area contributed by atoms with Crippen LogP contribution < -0.4 is 0 Å². The van der Waals surface area contributed by atoms with Crippen LogP contribution in [-0.4, -0.2) is 32.6 Å². The van der Waals surface area contributed by atoms with Crippen LogP contribution in [-0.2, 0) is 4.65 Å². The zero-order valence-electron chi connectivity index (χ0n) is 10.2. The second kappa shape index (κ2) is 8.63. The molecule has 0 aromatic heterocycles. The lowest BCUT2D eigenvalue weighted by Crippen LogP contribution is -2.27. The highest BCUT2D eigenvalue weighted by atomic mass is 16.5. The van der Waals surface area contributed by atoms with Crippen LogP contribution in [0.3, 0.4) is 0 Å². The Kier molecular flexibility index (Phi) is 8.25. The molecule has 0 aromatic rings. The van der Waals surface area contributed by atoms with Gasteiger partial charge in [0.2, 0.25) is 0 Å². The highest BCUT2D eigenvalue weighted by molar-refractivity contribution is 6.04. The molecule has 15 heavy (non-hydrogen) atoms. The Morgan fingerprint density at radius 2 is 1.87 bits per heavy atom. The van der Waals surface area contributed by atoms with Crippen molar-refractivity contribution in [2.24, 2.45) is 5.92 Å². The van der Waals surface area contributed by atoms with Crippen LogP contribution >= 0.6 is 0 Å². The molecule has 0 bridgehead atoms. The average molecular weight is 211 g/mol. The van der Waals surface area contributed by atoms with Crippen LogP contribution in [0.25, 0.3) is 0 Å². The number of unbranched alkanes of at least 4 members (excludes halogenated alkanes) is 3. The summed E-state index contributed by atoms with van der Waals surface area (Å²) in [6.45, 7) is 5.20. The molecule has 0 spiro atoms. The van der Waals surface area contributed by atoms with Gasteiger partial charge in [0.05, 0.1) is 0 Å². The fourth-order valence-corrected chi connectivity index (χ4v) is 1.44. The van der Waals surface area contributed by atoms with E-state index in [1.54, 1.807) is 7.05 Å². The highest BCUT2D eigenvalue weighted by Crippen LogP contribution is 2.09. The quantitative estimate of drug-likeness (QED) is 0.478. The van der Waals surface area contributed by atoms with E-state index in [1.165, 1.54) is 24.2 Å². The zero-order chi connectivity index (χ0) is 11.7. The summed E-state index contributed by atoms with van der Waals surface area (Å²) >= 11 is 0. The number of nitrogens with zero attached hydrogens (tertiary/aromatic N) is 1. The highest BCUT2D eigenvalue weighted by Gasteiger charge is 2.05. The van der Waals surface area contributed by atoms with Gasteiger partial charge in [-0.2, -0.15) is 0 Å². The number of hydrogen-bond acceptors (Lipinski definition) is 2. The zero-order valence-corrected chi connectivity index (χ0v) is 10.2. The fraction of sp³-hybridized carbons (Fsp3) is 0.909. The molecule has 0 rings (SSSR count). The van der Waals surface area contributed by atoms with Crippen molar-refractivity contribution in [2.45, 2.75) is 46.0 Å². The van der Waals surface area contributed by atoms with Gasteiger partial charge in [0.1, 0.15) is 0 Å². The van der Waals surface area contributed by atoms with Gasteiger partial charge in [-0.05, 0) is 12.3 Å². The predicted octanol–water partition coefficient (Wildman–Crippen LogP) is 2.74. The summed E-state index contributed by atoms with van der Waals surface area (Å²) in [6, 6.07) is 0. The van der Waals surface area contributed by atoms with E-state index in [0.29, 0.717) is 0 Å². The minimum absolute atomic E-state index is 0.461. The lowest BCUT2D eigenvalue weighted by molar-refractivity contribution is 0.166.